The van der Waals surface area contributed by atoms with Crippen molar-refractivity contribution in [3.63, 3.8) is 0 Å². The number of benzene rings is 4. The maximum atomic E-state index is 13.7. The number of aliphatic hydroxyl groups is 1. The van der Waals surface area contributed by atoms with Crippen LogP contribution in [0.25, 0.3) is 0 Å². The Hall–Kier alpha value is -4.96. The molecule has 41 heavy (non-hydrogen) atoms. The Balaban J connectivity index is 1.32. The molecule has 1 heterocycles. The van der Waals surface area contributed by atoms with E-state index in [0.717, 1.165) is 0 Å². The second-order valence-corrected chi connectivity index (χ2v) is 9.70. The van der Waals surface area contributed by atoms with E-state index < -0.39 is 29.2 Å². The average Bonchev–Trinajstić information content (AvgIpc) is 2.95. The SMILES string of the molecule is NC(=O)c1ccc(Oc2cc(NC(=O)N3CCC(O)(c4cccc(F)c4)CC3)cc(Oc3ccc(F)cc3)c2)cc1. The van der Waals surface area contributed by atoms with E-state index in [9.17, 15) is 23.5 Å². The van der Waals surface area contributed by atoms with Crippen LogP contribution in [-0.4, -0.2) is 35.0 Å². The highest BCUT2D eigenvalue weighted by Crippen LogP contribution is 2.35. The lowest BCUT2D eigenvalue weighted by Gasteiger charge is -2.38. The van der Waals surface area contributed by atoms with Gasteiger partial charge in [0, 0.05) is 42.5 Å². The summed E-state index contributed by atoms with van der Waals surface area (Å²) in [6.45, 7) is 0.500. The van der Waals surface area contributed by atoms with Gasteiger partial charge in [0.2, 0.25) is 5.91 Å². The normalized spacial score (nSPS) is 14.3. The van der Waals surface area contributed by atoms with Crippen LogP contribution in [0.4, 0.5) is 19.3 Å². The molecule has 0 aliphatic carbocycles. The van der Waals surface area contributed by atoms with Gasteiger partial charge < -0.3 is 30.5 Å². The Kier molecular flexibility index (Phi) is 7.84. The molecule has 210 valence electrons. The number of primary amides is 1. The molecule has 1 fully saturated rings. The van der Waals surface area contributed by atoms with Crippen LogP contribution in [0.3, 0.4) is 0 Å². The number of urea groups is 1. The number of likely N-dealkylation sites (tertiary alicyclic amines) is 1. The summed E-state index contributed by atoms with van der Waals surface area (Å²) in [5, 5.41) is 13.9. The van der Waals surface area contributed by atoms with Crippen LogP contribution >= 0.6 is 0 Å². The van der Waals surface area contributed by atoms with Crippen LogP contribution in [0.5, 0.6) is 23.0 Å². The van der Waals surface area contributed by atoms with Gasteiger partial charge >= 0.3 is 6.03 Å². The van der Waals surface area contributed by atoms with E-state index in [0.29, 0.717) is 39.8 Å². The van der Waals surface area contributed by atoms with Gasteiger partial charge in [-0.05, 0) is 79.1 Å². The third-order valence-corrected chi connectivity index (χ3v) is 6.79. The summed E-state index contributed by atoms with van der Waals surface area (Å²) in [7, 11) is 0. The van der Waals surface area contributed by atoms with Crippen molar-refractivity contribution in [1.29, 1.82) is 0 Å². The lowest BCUT2D eigenvalue weighted by molar-refractivity contribution is -0.0159. The number of halogens is 2. The Morgan fingerprint density at radius 1 is 0.780 bits per heavy atom. The molecular weight excluding hydrogens is 532 g/mol. The summed E-state index contributed by atoms with van der Waals surface area (Å²) in [6, 6.07) is 21.9. The first kappa shape index (κ1) is 27.6. The molecule has 10 heteroatoms. The predicted molar refractivity (Wildman–Crippen MR) is 148 cm³/mol. The highest BCUT2D eigenvalue weighted by Gasteiger charge is 2.35. The smallest absolute Gasteiger partial charge is 0.321 e. The number of rotatable bonds is 7. The highest BCUT2D eigenvalue weighted by atomic mass is 19.1. The molecular formula is C31H27F2N3O5. The van der Waals surface area contributed by atoms with E-state index >= 15 is 0 Å². The zero-order valence-corrected chi connectivity index (χ0v) is 21.8. The number of carbonyl (C=O) groups is 2. The number of nitrogens with two attached hydrogens (primary N) is 1. The van der Waals surface area contributed by atoms with Gasteiger partial charge in [-0.15, -0.1) is 0 Å². The summed E-state index contributed by atoms with van der Waals surface area (Å²) >= 11 is 0. The molecule has 0 atom stereocenters. The van der Waals surface area contributed by atoms with Gasteiger partial charge in [-0.1, -0.05) is 12.1 Å². The quantitative estimate of drug-likeness (QED) is 0.251. The van der Waals surface area contributed by atoms with E-state index in [1.54, 1.807) is 47.4 Å². The van der Waals surface area contributed by atoms with E-state index in [1.165, 1.54) is 48.5 Å². The van der Waals surface area contributed by atoms with Crippen LogP contribution < -0.4 is 20.5 Å². The van der Waals surface area contributed by atoms with Crippen LogP contribution in [-0.2, 0) is 5.60 Å². The molecule has 4 N–H and O–H groups in total. The number of carbonyl (C=O) groups excluding carboxylic acids is 2. The van der Waals surface area contributed by atoms with Crippen LogP contribution in [0, 0.1) is 11.6 Å². The predicted octanol–water partition coefficient (Wildman–Crippen LogP) is 6.16. The molecule has 0 radical (unpaired) electrons. The molecule has 4 aromatic rings. The van der Waals surface area contributed by atoms with Crippen molar-refractivity contribution >= 4 is 17.6 Å². The van der Waals surface area contributed by atoms with Gasteiger partial charge in [-0.25, -0.2) is 13.6 Å². The van der Waals surface area contributed by atoms with Crippen molar-refractivity contribution in [2.75, 3.05) is 18.4 Å². The summed E-state index contributed by atoms with van der Waals surface area (Å²) in [4.78, 5) is 26.1. The monoisotopic (exact) mass is 559 g/mol. The summed E-state index contributed by atoms with van der Waals surface area (Å²) in [5.41, 5.74) is 5.24. The number of ether oxygens (including phenoxy) is 2. The first-order chi connectivity index (χ1) is 19.7. The fraction of sp³-hybridized carbons (Fsp3) is 0.161. The van der Waals surface area contributed by atoms with Crippen molar-refractivity contribution in [2.45, 2.75) is 18.4 Å². The van der Waals surface area contributed by atoms with E-state index in [2.05, 4.69) is 5.32 Å². The van der Waals surface area contributed by atoms with E-state index in [4.69, 9.17) is 15.2 Å². The van der Waals surface area contributed by atoms with Gasteiger partial charge in [0.1, 0.15) is 34.6 Å². The third-order valence-electron chi connectivity index (χ3n) is 6.79. The zero-order chi connectivity index (χ0) is 29.0. The largest absolute Gasteiger partial charge is 0.457 e. The molecule has 0 spiro atoms. The molecule has 1 aliphatic rings. The summed E-state index contributed by atoms with van der Waals surface area (Å²) in [6.07, 6.45) is 0.487. The molecule has 0 aromatic heterocycles. The van der Waals surface area contributed by atoms with Crippen molar-refractivity contribution in [3.05, 3.63) is 114 Å². The second kappa shape index (κ2) is 11.6. The molecule has 5 rings (SSSR count). The number of nitrogens with one attached hydrogen (secondary N) is 1. The fourth-order valence-corrected chi connectivity index (χ4v) is 4.57. The first-order valence-electron chi connectivity index (χ1n) is 12.9. The number of amides is 3. The molecule has 0 saturated carbocycles. The zero-order valence-electron chi connectivity index (χ0n) is 21.8. The van der Waals surface area contributed by atoms with Gasteiger partial charge in [0.15, 0.2) is 0 Å². The lowest BCUT2D eigenvalue weighted by Crippen LogP contribution is -2.46. The maximum absolute atomic E-state index is 13.7. The number of nitrogens with zero attached hydrogens (tertiary/aromatic N) is 1. The van der Waals surface area contributed by atoms with Crippen molar-refractivity contribution in [1.82, 2.24) is 4.90 Å². The van der Waals surface area contributed by atoms with Crippen LogP contribution in [0.2, 0.25) is 0 Å². The molecule has 8 nitrogen and oxygen atoms in total. The molecule has 1 aliphatic heterocycles. The van der Waals surface area contributed by atoms with E-state index in [1.807, 2.05) is 0 Å². The lowest BCUT2D eigenvalue weighted by atomic mass is 9.84. The number of hydrogen-bond donors (Lipinski definition) is 3. The molecule has 1 saturated heterocycles. The Bertz CT molecular complexity index is 1550. The standard InChI is InChI=1S/C31H27F2N3O5/c32-22-6-10-26(11-7-22)41-28-18-24(17-27(19-28)40-25-8-4-20(5-9-25)29(34)37)35-30(38)36-14-12-31(39,13-15-36)21-2-1-3-23(33)16-21/h1-11,16-19,39H,12-15H2,(H2,34,37)(H,35,38). The van der Waals surface area contributed by atoms with Crippen LogP contribution in [0.15, 0.2) is 91.0 Å². The first-order valence-corrected chi connectivity index (χ1v) is 12.9. The second-order valence-electron chi connectivity index (χ2n) is 9.70. The van der Waals surface area contributed by atoms with Gasteiger partial charge in [0.05, 0.1) is 5.60 Å². The number of hydrogen-bond acceptors (Lipinski definition) is 5. The number of anilines is 1. The fourth-order valence-electron chi connectivity index (χ4n) is 4.57. The summed E-state index contributed by atoms with van der Waals surface area (Å²) < 4.78 is 38.9. The Morgan fingerprint density at radius 3 is 1.93 bits per heavy atom. The van der Waals surface area contributed by atoms with E-state index in [-0.39, 0.29) is 25.9 Å². The van der Waals surface area contributed by atoms with Crippen LogP contribution in [0.1, 0.15) is 28.8 Å². The average molecular weight is 560 g/mol. The summed E-state index contributed by atoms with van der Waals surface area (Å²) in [5.74, 6) is 0.0259. The highest BCUT2D eigenvalue weighted by molar-refractivity contribution is 5.93. The molecule has 3 amide bonds. The van der Waals surface area contributed by atoms with Gasteiger partial charge in [-0.3, -0.25) is 4.79 Å². The molecule has 0 unspecified atom stereocenters. The van der Waals surface area contributed by atoms with Crippen molar-refractivity contribution in [3.8, 4) is 23.0 Å². The van der Waals surface area contributed by atoms with Gasteiger partial charge in [0.25, 0.3) is 0 Å². The molecule has 0 bridgehead atoms. The van der Waals surface area contributed by atoms with Crippen molar-refractivity contribution in [2.24, 2.45) is 5.73 Å². The Labute approximate surface area is 234 Å². The molecule has 4 aromatic carbocycles. The Morgan fingerprint density at radius 2 is 1.37 bits per heavy atom. The minimum atomic E-state index is -1.23. The maximum Gasteiger partial charge on any atom is 0.321 e. The topological polar surface area (TPSA) is 114 Å². The van der Waals surface area contributed by atoms with Crippen molar-refractivity contribution < 1.29 is 33.0 Å². The minimum Gasteiger partial charge on any atom is -0.457 e. The third kappa shape index (κ3) is 6.79. The van der Waals surface area contributed by atoms with Gasteiger partial charge in [-0.2, -0.15) is 0 Å². The minimum absolute atomic E-state index is 0.243. The number of piperidine rings is 1.